The Labute approximate surface area is 413 Å². The predicted octanol–water partition coefficient (Wildman–Crippen LogP) is 9.38. The Bertz CT molecular complexity index is 2760. The average molecular weight is 950 g/mol. The number of methoxy groups -OCH3 is 1. The van der Waals surface area contributed by atoms with Crippen LogP contribution in [0.15, 0.2) is 101 Å². The largest absolute Gasteiger partial charge is 0.505 e. The number of aromatic amines is 1. The summed E-state index contributed by atoms with van der Waals surface area (Å²) in [6, 6.07) is 28.7. The number of ketones is 1. The van der Waals surface area contributed by atoms with Crippen molar-refractivity contribution >= 4 is 73.3 Å². The van der Waals surface area contributed by atoms with Crippen LogP contribution in [0.5, 0.6) is 11.5 Å². The number of aromatic hydroxyl groups is 1. The van der Waals surface area contributed by atoms with Gasteiger partial charge in [0.2, 0.25) is 17.8 Å². The van der Waals surface area contributed by atoms with E-state index in [-0.39, 0.29) is 29.2 Å². The van der Waals surface area contributed by atoms with Gasteiger partial charge in [0, 0.05) is 60.0 Å². The topological polar surface area (TPSA) is 157 Å². The fourth-order valence-corrected chi connectivity index (χ4v) is 8.59. The van der Waals surface area contributed by atoms with Crippen molar-refractivity contribution in [2.45, 2.75) is 32.1 Å². The van der Waals surface area contributed by atoms with E-state index >= 15 is 0 Å². The van der Waals surface area contributed by atoms with E-state index in [1.807, 2.05) is 78.9 Å². The summed E-state index contributed by atoms with van der Waals surface area (Å²) in [7, 11) is 18.4. The Balaban J connectivity index is 1.22. The number of phenolic OH excluding ortho intramolecular Hbond substituents is 1. The number of ether oxygens (including phenoxy) is 1. The molecule has 0 aliphatic carbocycles. The van der Waals surface area contributed by atoms with Crippen molar-refractivity contribution < 1.29 is 14.6 Å². The van der Waals surface area contributed by atoms with Crippen molar-refractivity contribution in [3.63, 3.8) is 0 Å². The number of azo groups is 1. The lowest BCUT2D eigenvalue weighted by Gasteiger charge is -2.28. The molecular weight excluding hydrogens is 879 g/mol. The Morgan fingerprint density at radius 2 is 1.20 bits per heavy atom. The first-order valence-electron chi connectivity index (χ1n) is 24.2. The lowest BCUT2D eigenvalue weighted by molar-refractivity contribution is 0.0990. The summed E-state index contributed by atoms with van der Waals surface area (Å²) in [6.45, 7) is 7.06. The van der Waals surface area contributed by atoms with Gasteiger partial charge in [-0.25, -0.2) is 0 Å². The van der Waals surface area contributed by atoms with Gasteiger partial charge < -0.3 is 49.5 Å². The maximum Gasteiger partial charge on any atom is 0.233 e. The van der Waals surface area contributed by atoms with Gasteiger partial charge in [-0.3, -0.25) is 4.79 Å². The lowest BCUT2D eigenvalue weighted by atomic mass is 9.96. The Hall–Kier alpha value is -6.72. The minimum atomic E-state index is -0.242. The molecule has 2 heterocycles. The normalized spacial score (nSPS) is 12.0. The van der Waals surface area contributed by atoms with Gasteiger partial charge in [0.25, 0.3) is 0 Å². The van der Waals surface area contributed by atoms with Gasteiger partial charge in [0.1, 0.15) is 11.4 Å². The Morgan fingerprint density at radius 1 is 0.643 bits per heavy atom. The first-order chi connectivity index (χ1) is 33.8. The number of H-pyrrole nitrogens is 1. The number of aromatic nitrogens is 4. The molecule has 2 aromatic heterocycles. The zero-order chi connectivity index (χ0) is 49.7. The third-order valence-corrected chi connectivity index (χ3v) is 12.3. The van der Waals surface area contributed by atoms with Crippen molar-refractivity contribution in [2.75, 3.05) is 131 Å². The van der Waals surface area contributed by atoms with Crippen LogP contribution in [0, 0.1) is 0 Å². The molecule has 0 aliphatic rings. The van der Waals surface area contributed by atoms with Crippen LogP contribution in [0.25, 0.3) is 32.6 Å². The SMILES string of the molecule is COc1ccc(CC(=O)c2cc3ccc4c5ccccc5[nH]c4c3c(N=Nc3ccc(Nc4nc(N(CCCN(C)C)CCCN(C)C)nc(N(CCCN(C)C)CCCN(C)C)n4)cc3)c2O)cc1. The second-order valence-corrected chi connectivity index (χ2v) is 19.1. The van der Waals surface area contributed by atoms with Crippen molar-refractivity contribution in [1.29, 1.82) is 0 Å². The quantitative estimate of drug-likeness (QED) is 0.0349. The average Bonchev–Trinajstić information content (AvgIpc) is 3.72. The highest BCUT2D eigenvalue weighted by atomic mass is 16.5. The van der Waals surface area contributed by atoms with Gasteiger partial charge in [-0.15, -0.1) is 5.11 Å². The van der Waals surface area contributed by atoms with Gasteiger partial charge in [0.05, 0.1) is 23.9 Å². The maximum atomic E-state index is 13.9. The summed E-state index contributed by atoms with van der Waals surface area (Å²) in [4.78, 5) is 46.3. The van der Waals surface area contributed by atoms with E-state index in [1.54, 1.807) is 13.2 Å². The number of anilines is 4. The van der Waals surface area contributed by atoms with E-state index in [2.05, 4.69) is 107 Å². The summed E-state index contributed by atoms with van der Waals surface area (Å²) < 4.78 is 5.31. The molecule has 0 saturated carbocycles. The molecular formula is C54H71N13O3. The molecule has 7 aromatic rings. The molecule has 16 heteroatoms. The molecule has 3 N–H and O–H groups in total. The van der Waals surface area contributed by atoms with Gasteiger partial charge in [-0.05, 0) is 168 Å². The third kappa shape index (κ3) is 13.5. The van der Waals surface area contributed by atoms with E-state index in [0.29, 0.717) is 34.7 Å². The summed E-state index contributed by atoms with van der Waals surface area (Å²) in [5.41, 5.74) is 4.25. The highest BCUT2D eigenvalue weighted by Gasteiger charge is 2.23. The van der Waals surface area contributed by atoms with E-state index in [1.165, 1.54) is 0 Å². The lowest BCUT2D eigenvalue weighted by Crippen LogP contribution is -2.34. The number of phenols is 1. The second-order valence-electron chi connectivity index (χ2n) is 19.1. The van der Waals surface area contributed by atoms with Crippen LogP contribution in [0.4, 0.5) is 34.9 Å². The van der Waals surface area contributed by atoms with Crippen LogP contribution in [0.2, 0.25) is 0 Å². The number of hydrogen-bond donors (Lipinski definition) is 3. The number of rotatable bonds is 26. The zero-order valence-corrected chi connectivity index (χ0v) is 42.5. The number of carbonyl (C=O) groups excluding carboxylic acids is 1. The molecule has 0 aliphatic heterocycles. The van der Waals surface area contributed by atoms with E-state index in [4.69, 9.17) is 24.8 Å². The molecule has 0 radical (unpaired) electrons. The van der Waals surface area contributed by atoms with Crippen molar-refractivity contribution in [3.05, 3.63) is 102 Å². The number of hydrogen-bond acceptors (Lipinski definition) is 15. The third-order valence-electron chi connectivity index (χ3n) is 12.3. The minimum absolute atomic E-state index is 0.0861. The van der Waals surface area contributed by atoms with Crippen LogP contribution in [-0.2, 0) is 6.42 Å². The number of fused-ring (bicyclic) bond motifs is 5. The van der Waals surface area contributed by atoms with Gasteiger partial charge in [-0.1, -0.05) is 42.5 Å². The molecule has 0 spiro atoms. The van der Waals surface area contributed by atoms with Crippen molar-refractivity contribution in [2.24, 2.45) is 10.2 Å². The molecule has 7 rings (SSSR count). The number of Topliss-reactive ketones (excluding diaryl/α,β-unsaturated/α-hetero) is 1. The number of carbonyl (C=O) groups is 1. The molecule has 0 fully saturated rings. The summed E-state index contributed by atoms with van der Waals surface area (Å²) in [5.74, 6) is 2.00. The molecule has 0 unspecified atom stereocenters. The smallest absolute Gasteiger partial charge is 0.233 e. The molecule has 0 atom stereocenters. The minimum Gasteiger partial charge on any atom is -0.505 e. The molecule has 0 bridgehead atoms. The number of para-hydroxylation sites is 1. The van der Waals surface area contributed by atoms with Crippen LogP contribution in [0.3, 0.4) is 0 Å². The molecule has 0 amide bonds. The van der Waals surface area contributed by atoms with Crippen LogP contribution < -0.4 is 19.9 Å². The monoisotopic (exact) mass is 950 g/mol. The number of benzene rings is 5. The van der Waals surface area contributed by atoms with Gasteiger partial charge in [0.15, 0.2) is 11.5 Å². The maximum absolute atomic E-state index is 13.9. The molecule has 5 aromatic carbocycles. The fourth-order valence-electron chi connectivity index (χ4n) is 8.59. The van der Waals surface area contributed by atoms with Crippen LogP contribution in [0.1, 0.15) is 41.6 Å². The van der Waals surface area contributed by atoms with Crippen molar-refractivity contribution in [1.82, 2.24) is 39.5 Å². The highest BCUT2D eigenvalue weighted by Crippen LogP contribution is 2.44. The molecule has 16 nitrogen and oxygen atoms in total. The van der Waals surface area contributed by atoms with Crippen LogP contribution in [-0.4, -0.2) is 166 Å². The van der Waals surface area contributed by atoms with E-state index in [9.17, 15) is 9.90 Å². The summed E-state index contributed by atoms with van der Waals surface area (Å²) in [6.07, 6.45) is 3.95. The predicted molar refractivity (Wildman–Crippen MR) is 287 cm³/mol. The van der Waals surface area contributed by atoms with Crippen LogP contribution >= 0.6 is 0 Å². The Morgan fingerprint density at radius 3 is 1.74 bits per heavy atom. The second kappa shape index (κ2) is 24.2. The first-order valence-corrected chi connectivity index (χ1v) is 24.2. The van der Waals surface area contributed by atoms with Gasteiger partial charge in [-0.2, -0.15) is 20.1 Å². The molecule has 70 heavy (non-hydrogen) atoms. The zero-order valence-electron chi connectivity index (χ0n) is 42.5. The Kier molecular flexibility index (Phi) is 17.7. The van der Waals surface area contributed by atoms with E-state index in [0.717, 1.165) is 116 Å². The first kappa shape index (κ1) is 51.1. The summed E-state index contributed by atoms with van der Waals surface area (Å²) in [5, 5.41) is 28.3. The van der Waals surface area contributed by atoms with E-state index < -0.39 is 0 Å². The number of nitrogens with zero attached hydrogens (tertiary/aromatic N) is 11. The summed E-state index contributed by atoms with van der Waals surface area (Å²) >= 11 is 0. The fraction of sp³-hybridized carbons (Fsp3) is 0.407. The van der Waals surface area contributed by atoms with Crippen molar-refractivity contribution in [3.8, 4) is 11.5 Å². The molecule has 0 saturated heterocycles. The highest BCUT2D eigenvalue weighted by molar-refractivity contribution is 6.22. The number of nitrogens with one attached hydrogen (secondary N) is 2. The molecule has 370 valence electrons. The van der Waals surface area contributed by atoms with Gasteiger partial charge >= 0.3 is 0 Å². The standard InChI is InChI=1S/C54H71N13O3/c1-62(2)28-12-32-66(33-13-29-63(3)4)53-57-52(58-54(59-53)67(34-14-30-64(5)6)35-15-31-65(7)8)55-40-21-23-41(24-22-40)60-61-50-48-39(20-27-44-43-16-10-11-17-46(43)56-49(44)48)37-45(51(50)69)47(68)36-38-18-25-42(70-9)26-19-38/h10-11,16-27,37,56,69H,12-15,28-36H2,1-9H3,(H,55,57,58,59).